The van der Waals surface area contributed by atoms with Crippen molar-refractivity contribution in [3.8, 4) is 0 Å². The summed E-state index contributed by atoms with van der Waals surface area (Å²) >= 11 is 0. The second-order valence-electron chi connectivity index (χ2n) is 13.0. The number of nitrogens with two attached hydrogens (primary N) is 1. The zero-order valence-electron chi connectivity index (χ0n) is 27.3. The Morgan fingerprint density at radius 1 is 0.875 bits per heavy atom. The van der Waals surface area contributed by atoms with Gasteiger partial charge < -0.3 is 60.1 Å². The summed E-state index contributed by atoms with van der Waals surface area (Å²) in [6.45, 7) is 5.31. The molecular weight excluding hydrogens is 630 g/mol. The average molecular weight is 680 g/mol. The van der Waals surface area contributed by atoms with E-state index in [9.17, 15) is 40.2 Å². The van der Waals surface area contributed by atoms with Crippen molar-refractivity contribution in [2.24, 2.45) is 17.6 Å². The van der Waals surface area contributed by atoms with Gasteiger partial charge in [0.1, 0.15) is 30.3 Å². The number of carboxylic acids is 1. The highest BCUT2D eigenvalue weighted by atomic mass is 16.7. The standard InChI is InChI=1S/C34H49NO13/c1-18-10-8-6-4-5-7-9-11-22(46-33-31(40)30(39)29(35)20(3)45-33)15-26-28(32(41)42)23(37)17-34(43,48-26)16-21(36)14-25-24(47-25)12-13-27(38)44-19(18)2/h4-13,18-26,28-31,33,36-37,39-40,43H,14-17,35H2,1-3H3,(H,41,42)/b6-4+,7-5+,10-8-,11-9+,13-12+/t18-,19-,20?,21+,22+,23+,24-,25-,26+,28-,29-,30?,31?,33+,34-/m1/s1. The number of carbonyl (C=O) groups is 2. The third kappa shape index (κ3) is 10.4. The fraction of sp³-hybridized carbons (Fsp3) is 0.647. The number of allylic oxidation sites excluding steroid dienone is 6. The Morgan fingerprint density at radius 3 is 2.23 bits per heavy atom. The van der Waals surface area contributed by atoms with Crippen LogP contribution in [-0.4, -0.2) is 122 Å². The van der Waals surface area contributed by atoms with E-state index in [1.165, 1.54) is 12.2 Å². The number of hydrogen-bond donors (Lipinski definition) is 7. The van der Waals surface area contributed by atoms with Crippen LogP contribution in [0.5, 0.6) is 0 Å². The number of aliphatic hydroxyl groups is 5. The van der Waals surface area contributed by atoms with Crippen molar-refractivity contribution < 1.29 is 63.9 Å². The molecule has 0 amide bonds. The van der Waals surface area contributed by atoms with E-state index < -0.39 is 103 Å². The van der Waals surface area contributed by atoms with Crippen LogP contribution in [0.1, 0.15) is 46.5 Å². The van der Waals surface area contributed by atoms with Crippen molar-refractivity contribution in [1.29, 1.82) is 0 Å². The quantitative estimate of drug-likeness (QED) is 0.158. The van der Waals surface area contributed by atoms with E-state index in [2.05, 4.69) is 0 Å². The molecule has 0 aromatic carbocycles. The molecule has 8 N–H and O–H groups in total. The summed E-state index contributed by atoms with van der Waals surface area (Å²) < 4.78 is 28.7. The number of esters is 1. The zero-order chi connectivity index (χ0) is 35.2. The Labute approximate surface area is 279 Å². The fourth-order valence-corrected chi connectivity index (χ4v) is 6.08. The summed E-state index contributed by atoms with van der Waals surface area (Å²) in [6.07, 6.45) is 4.45. The van der Waals surface area contributed by atoms with E-state index in [1.807, 2.05) is 19.1 Å². The predicted molar refractivity (Wildman–Crippen MR) is 170 cm³/mol. The van der Waals surface area contributed by atoms with Crippen molar-refractivity contribution in [2.75, 3.05) is 0 Å². The SMILES string of the molecule is CC1O[C@@H](O[C@H]2/C=C/C=C/C=C/C=C\[C@@H](C)[C@@H](C)OC(=O)/C=C/[C@H]3O[C@@H]3C[C@H](O)C[C@]3(O)C[C@H](O)[C@@H](C(=O)O)[C@H](C2)O3)C(O)C(O)[C@@H]1N. The van der Waals surface area contributed by atoms with E-state index in [0.29, 0.717) is 0 Å². The molecule has 0 aliphatic carbocycles. The molecule has 4 aliphatic heterocycles. The lowest BCUT2D eigenvalue weighted by Gasteiger charge is -2.45. The maximum atomic E-state index is 12.3. The highest BCUT2D eigenvalue weighted by Crippen LogP contribution is 2.39. The van der Waals surface area contributed by atoms with Gasteiger partial charge in [-0.1, -0.05) is 55.5 Å². The molecular formula is C34H49NO13. The van der Waals surface area contributed by atoms with E-state index in [0.717, 1.165) is 0 Å². The summed E-state index contributed by atoms with van der Waals surface area (Å²) in [5.74, 6) is -5.54. The van der Waals surface area contributed by atoms with E-state index in [1.54, 1.807) is 50.3 Å². The third-order valence-electron chi connectivity index (χ3n) is 9.13. The number of epoxide rings is 1. The van der Waals surface area contributed by atoms with Gasteiger partial charge in [-0.3, -0.25) is 4.79 Å². The largest absolute Gasteiger partial charge is 0.481 e. The number of carbonyl (C=O) groups excluding carboxylic acids is 1. The van der Waals surface area contributed by atoms with Crippen LogP contribution >= 0.6 is 0 Å². The first-order valence-electron chi connectivity index (χ1n) is 16.3. The van der Waals surface area contributed by atoms with Crippen LogP contribution in [0, 0.1) is 11.8 Å². The molecule has 0 aromatic rings. The van der Waals surface area contributed by atoms with Crippen LogP contribution in [-0.2, 0) is 33.3 Å². The Balaban J connectivity index is 1.60. The maximum Gasteiger partial charge on any atom is 0.330 e. The van der Waals surface area contributed by atoms with Crippen LogP contribution < -0.4 is 5.73 Å². The van der Waals surface area contributed by atoms with Crippen molar-refractivity contribution in [3.63, 3.8) is 0 Å². The first-order chi connectivity index (χ1) is 22.7. The number of hydrogen-bond acceptors (Lipinski definition) is 13. The summed E-state index contributed by atoms with van der Waals surface area (Å²) in [7, 11) is 0. The smallest absolute Gasteiger partial charge is 0.330 e. The first-order valence-corrected chi connectivity index (χ1v) is 16.3. The van der Waals surface area contributed by atoms with Crippen LogP contribution in [0.3, 0.4) is 0 Å². The molecule has 2 bridgehead atoms. The second-order valence-corrected chi connectivity index (χ2v) is 13.0. The summed E-state index contributed by atoms with van der Waals surface area (Å²) in [5, 5.41) is 64.2. The van der Waals surface area contributed by atoms with Crippen molar-refractivity contribution in [3.05, 3.63) is 60.8 Å². The molecule has 4 aliphatic rings. The molecule has 0 radical (unpaired) electrons. The molecule has 0 saturated carbocycles. The number of ether oxygens (including phenoxy) is 5. The van der Waals surface area contributed by atoms with Gasteiger partial charge in [0.05, 0.1) is 42.7 Å². The Bertz CT molecular complexity index is 1250. The summed E-state index contributed by atoms with van der Waals surface area (Å²) in [6, 6.07) is -0.872. The number of rotatable bonds is 3. The van der Waals surface area contributed by atoms with Gasteiger partial charge in [-0.05, 0) is 19.9 Å². The van der Waals surface area contributed by atoms with E-state index >= 15 is 0 Å². The Hall–Kier alpha value is -2.76. The van der Waals surface area contributed by atoms with E-state index in [4.69, 9.17) is 29.4 Å². The Morgan fingerprint density at radius 2 is 1.54 bits per heavy atom. The van der Waals surface area contributed by atoms with Gasteiger partial charge in [-0.25, -0.2) is 4.79 Å². The summed E-state index contributed by atoms with van der Waals surface area (Å²) in [5.41, 5.74) is 5.92. The average Bonchev–Trinajstić information content (AvgIpc) is 3.74. The molecule has 4 heterocycles. The number of fused-ring (bicyclic) bond motifs is 3. The van der Waals surface area contributed by atoms with Crippen LogP contribution in [0.2, 0.25) is 0 Å². The molecule has 4 rings (SSSR count). The summed E-state index contributed by atoms with van der Waals surface area (Å²) in [4.78, 5) is 24.6. The van der Waals surface area contributed by atoms with Crippen molar-refractivity contribution in [1.82, 2.24) is 0 Å². The van der Waals surface area contributed by atoms with Crippen LogP contribution in [0.15, 0.2) is 60.8 Å². The molecule has 48 heavy (non-hydrogen) atoms. The number of aliphatic hydroxyl groups excluding tert-OH is 4. The van der Waals surface area contributed by atoms with Gasteiger partial charge in [0.15, 0.2) is 12.1 Å². The molecule has 3 saturated heterocycles. The van der Waals surface area contributed by atoms with E-state index in [-0.39, 0.29) is 25.2 Å². The highest BCUT2D eigenvalue weighted by Gasteiger charge is 2.51. The first kappa shape index (κ1) is 38.0. The minimum atomic E-state index is -2.11. The minimum absolute atomic E-state index is 0.0744. The zero-order valence-corrected chi connectivity index (χ0v) is 27.3. The molecule has 15 atom stereocenters. The maximum absolute atomic E-state index is 12.3. The third-order valence-corrected chi connectivity index (χ3v) is 9.13. The molecule has 14 heteroatoms. The van der Waals surface area contributed by atoms with Gasteiger partial charge in [0.25, 0.3) is 0 Å². The fourth-order valence-electron chi connectivity index (χ4n) is 6.08. The Kier molecular flexibility index (Phi) is 13.3. The second kappa shape index (κ2) is 16.8. The van der Waals surface area contributed by atoms with Crippen LogP contribution in [0.25, 0.3) is 0 Å². The number of aliphatic carboxylic acids is 1. The van der Waals surface area contributed by atoms with Gasteiger partial charge in [-0.15, -0.1) is 0 Å². The van der Waals surface area contributed by atoms with Gasteiger partial charge in [0.2, 0.25) is 0 Å². The predicted octanol–water partition coefficient (Wildman–Crippen LogP) is 0.366. The highest BCUT2D eigenvalue weighted by molar-refractivity contribution is 5.82. The lowest BCUT2D eigenvalue weighted by molar-refractivity contribution is -0.308. The molecule has 14 nitrogen and oxygen atoms in total. The lowest BCUT2D eigenvalue weighted by Crippen LogP contribution is -2.61. The van der Waals surface area contributed by atoms with Crippen LogP contribution in [0.4, 0.5) is 0 Å². The molecule has 3 fully saturated rings. The normalized spacial score (nSPS) is 48.1. The topological polar surface area (TPSA) is 231 Å². The minimum Gasteiger partial charge on any atom is -0.481 e. The molecule has 0 spiro atoms. The molecule has 3 unspecified atom stereocenters. The molecule has 0 aromatic heterocycles. The number of carboxylic acid groups (broad SMARTS) is 1. The molecule has 268 valence electrons. The van der Waals surface area contributed by atoms with Gasteiger partial charge >= 0.3 is 11.9 Å². The van der Waals surface area contributed by atoms with Gasteiger partial charge in [0, 0.05) is 37.7 Å². The lowest BCUT2D eigenvalue weighted by atomic mass is 9.83. The van der Waals surface area contributed by atoms with Gasteiger partial charge in [-0.2, -0.15) is 0 Å². The van der Waals surface area contributed by atoms with Crippen molar-refractivity contribution in [2.45, 2.75) is 126 Å². The number of cyclic esters (lactones) is 1. The monoisotopic (exact) mass is 679 g/mol. The van der Waals surface area contributed by atoms with Crippen molar-refractivity contribution >= 4 is 11.9 Å².